The fourth-order valence-electron chi connectivity index (χ4n) is 2.25. The summed E-state index contributed by atoms with van der Waals surface area (Å²) in [6.45, 7) is 0. The predicted molar refractivity (Wildman–Crippen MR) is 80.3 cm³/mol. The molecule has 0 spiro atoms. The molecule has 0 bridgehead atoms. The van der Waals surface area contributed by atoms with Crippen molar-refractivity contribution in [2.24, 2.45) is 11.7 Å². The molecule has 1 aliphatic carbocycles. The van der Waals surface area contributed by atoms with Gasteiger partial charge >= 0.3 is 0 Å². The number of carbonyl (C=O) groups excluding carboxylic acids is 1. The van der Waals surface area contributed by atoms with Gasteiger partial charge in [-0.3, -0.25) is 14.8 Å². The second kappa shape index (κ2) is 5.13. The number of para-hydroxylation sites is 1. The highest BCUT2D eigenvalue weighted by atomic mass is 32.1. The van der Waals surface area contributed by atoms with Crippen molar-refractivity contribution in [3.05, 3.63) is 36.2 Å². The number of nitrogens with zero attached hydrogens (tertiary/aromatic N) is 2. The molecule has 5 nitrogen and oxygen atoms in total. The van der Waals surface area contributed by atoms with E-state index in [1.807, 2.05) is 6.07 Å². The third kappa shape index (κ3) is 2.46. The maximum Gasteiger partial charge on any atom is 0.254 e. The van der Waals surface area contributed by atoms with Crippen LogP contribution >= 0.6 is 12.2 Å². The molecule has 3 rings (SSSR count). The first-order valence-corrected chi connectivity index (χ1v) is 6.87. The Balaban J connectivity index is 1.90. The standard InChI is InChI=1S/C14H14N4OS/c15-13(20)11(8-4-5-8)18-14(19)9-2-1-3-10-12(9)17-7-6-16-10/h1-3,6-8,11H,4-5H2,(H2,15,20)(H,18,19). The van der Waals surface area contributed by atoms with E-state index in [1.165, 1.54) is 0 Å². The van der Waals surface area contributed by atoms with Crippen LogP contribution in [0.1, 0.15) is 23.2 Å². The van der Waals surface area contributed by atoms with Crippen molar-refractivity contribution in [2.45, 2.75) is 18.9 Å². The predicted octanol–water partition coefficient (Wildman–Crippen LogP) is 1.42. The summed E-state index contributed by atoms with van der Waals surface area (Å²) in [6.07, 6.45) is 5.28. The van der Waals surface area contributed by atoms with Crippen molar-refractivity contribution in [3.63, 3.8) is 0 Å². The maximum atomic E-state index is 12.4. The molecule has 1 aromatic carbocycles. The Hall–Kier alpha value is -2.08. The average molecular weight is 286 g/mol. The number of rotatable bonds is 4. The lowest BCUT2D eigenvalue weighted by Gasteiger charge is -2.17. The van der Waals surface area contributed by atoms with Crippen LogP contribution in [0.3, 0.4) is 0 Å². The molecule has 1 saturated carbocycles. The van der Waals surface area contributed by atoms with E-state index in [-0.39, 0.29) is 11.9 Å². The van der Waals surface area contributed by atoms with Crippen LogP contribution in [0.15, 0.2) is 30.6 Å². The van der Waals surface area contributed by atoms with E-state index >= 15 is 0 Å². The number of thiocarbonyl (C=S) groups is 1. The van der Waals surface area contributed by atoms with Gasteiger partial charge in [0.25, 0.3) is 5.91 Å². The highest BCUT2D eigenvalue weighted by molar-refractivity contribution is 7.80. The fraction of sp³-hybridized carbons (Fsp3) is 0.286. The number of amides is 1. The van der Waals surface area contributed by atoms with Crippen LogP contribution in [0.5, 0.6) is 0 Å². The summed E-state index contributed by atoms with van der Waals surface area (Å²) >= 11 is 5.03. The van der Waals surface area contributed by atoms with Crippen molar-refractivity contribution >= 4 is 34.1 Å². The largest absolute Gasteiger partial charge is 0.392 e. The van der Waals surface area contributed by atoms with Gasteiger partial charge in [-0.2, -0.15) is 0 Å². The molecule has 20 heavy (non-hydrogen) atoms. The third-order valence-electron chi connectivity index (χ3n) is 3.43. The summed E-state index contributed by atoms with van der Waals surface area (Å²) in [4.78, 5) is 21.2. The summed E-state index contributed by atoms with van der Waals surface area (Å²) in [7, 11) is 0. The summed E-state index contributed by atoms with van der Waals surface area (Å²) in [5.74, 6) is 0.165. The minimum absolute atomic E-state index is 0.208. The Kier molecular flexibility index (Phi) is 3.31. The van der Waals surface area contributed by atoms with Gasteiger partial charge in [0.1, 0.15) is 5.52 Å². The molecule has 1 aliphatic rings. The average Bonchev–Trinajstić information content (AvgIpc) is 3.28. The van der Waals surface area contributed by atoms with Crippen LogP contribution in [-0.2, 0) is 0 Å². The molecule has 1 fully saturated rings. The zero-order valence-electron chi connectivity index (χ0n) is 10.7. The quantitative estimate of drug-likeness (QED) is 0.831. The fourth-order valence-corrected chi connectivity index (χ4v) is 2.50. The molecule has 1 atom stereocenters. The van der Waals surface area contributed by atoms with Crippen LogP contribution in [0, 0.1) is 5.92 Å². The van der Waals surface area contributed by atoms with Crippen LogP contribution in [-0.4, -0.2) is 26.9 Å². The number of aromatic nitrogens is 2. The molecule has 6 heteroatoms. The number of hydrogen-bond donors (Lipinski definition) is 2. The lowest BCUT2D eigenvalue weighted by molar-refractivity contribution is 0.0945. The monoisotopic (exact) mass is 286 g/mol. The van der Waals surface area contributed by atoms with Crippen molar-refractivity contribution in [3.8, 4) is 0 Å². The van der Waals surface area contributed by atoms with Crippen LogP contribution in [0.25, 0.3) is 11.0 Å². The zero-order valence-corrected chi connectivity index (χ0v) is 11.6. The molecule has 1 heterocycles. The number of nitrogens with two attached hydrogens (primary N) is 1. The molecular weight excluding hydrogens is 272 g/mol. The molecule has 1 amide bonds. The smallest absolute Gasteiger partial charge is 0.254 e. The van der Waals surface area contributed by atoms with Gasteiger partial charge in [0.2, 0.25) is 0 Å². The van der Waals surface area contributed by atoms with Crippen molar-refractivity contribution in [1.29, 1.82) is 0 Å². The molecule has 1 unspecified atom stereocenters. The van der Waals surface area contributed by atoms with E-state index < -0.39 is 0 Å². The number of carbonyl (C=O) groups is 1. The highest BCUT2D eigenvalue weighted by Gasteiger charge is 2.34. The normalized spacial score (nSPS) is 15.8. The third-order valence-corrected chi connectivity index (χ3v) is 3.68. The van der Waals surface area contributed by atoms with E-state index in [0.717, 1.165) is 12.8 Å². The van der Waals surface area contributed by atoms with E-state index in [4.69, 9.17) is 18.0 Å². The first kappa shape index (κ1) is 12.9. The molecular formula is C14H14N4OS. The van der Waals surface area contributed by atoms with Crippen molar-refractivity contribution in [1.82, 2.24) is 15.3 Å². The summed E-state index contributed by atoms with van der Waals surface area (Å²) in [5.41, 5.74) is 7.48. The van der Waals surface area contributed by atoms with Gasteiger partial charge in [0, 0.05) is 12.4 Å². The molecule has 102 valence electrons. The number of hydrogen-bond acceptors (Lipinski definition) is 4. The Labute approximate surface area is 121 Å². The van der Waals surface area contributed by atoms with Gasteiger partial charge in [0.05, 0.1) is 22.1 Å². The minimum Gasteiger partial charge on any atom is -0.392 e. The summed E-state index contributed by atoms with van der Waals surface area (Å²) < 4.78 is 0. The van der Waals surface area contributed by atoms with Crippen LogP contribution in [0.4, 0.5) is 0 Å². The second-order valence-corrected chi connectivity index (χ2v) is 5.39. The van der Waals surface area contributed by atoms with Gasteiger partial charge in [0.15, 0.2) is 0 Å². The lowest BCUT2D eigenvalue weighted by atomic mass is 10.1. The highest BCUT2D eigenvalue weighted by Crippen LogP contribution is 2.33. The number of benzene rings is 1. The van der Waals surface area contributed by atoms with E-state index in [1.54, 1.807) is 24.5 Å². The van der Waals surface area contributed by atoms with Crippen LogP contribution < -0.4 is 11.1 Å². The Morgan fingerprint density at radius 2 is 2.10 bits per heavy atom. The maximum absolute atomic E-state index is 12.4. The van der Waals surface area contributed by atoms with Gasteiger partial charge in [-0.1, -0.05) is 18.3 Å². The molecule has 2 aromatic rings. The molecule has 0 saturated heterocycles. The van der Waals surface area contributed by atoms with Crippen molar-refractivity contribution in [2.75, 3.05) is 0 Å². The van der Waals surface area contributed by atoms with E-state index in [0.29, 0.717) is 27.5 Å². The molecule has 3 N–H and O–H groups in total. The summed E-state index contributed by atoms with van der Waals surface area (Å²) in [6, 6.07) is 5.11. The van der Waals surface area contributed by atoms with Gasteiger partial charge in [-0.05, 0) is 30.9 Å². The lowest BCUT2D eigenvalue weighted by Crippen LogP contribution is -2.45. The van der Waals surface area contributed by atoms with E-state index in [2.05, 4.69) is 15.3 Å². The molecule has 1 aromatic heterocycles. The Morgan fingerprint density at radius 3 is 2.80 bits per heavy atom. The first-order valence-electron chi connectivity index (χ1n) is 6.47. The van der Waals surface area contributed by atoms with E-state index in [9.17, 15) is 4.79 Å². The van der Waals surface area contributed by atoms with Gasteiger partial charge < -0.3 is 11.1 Å². The SMILES string of the molecule is NC(=S)C(NC(=O)c1cccc2nccnc12)C1CC1. The topological polar surface area (TPSA) is 80.9 Å². The summed E-state index contributed by atoms with van der Waals surface area (Å²) in [5, 5.41) is 2.91. The first-order chi connectivity index (χ1) is 9.66. The van der Waals surface area contributed by atoms with Gasteiger partial charge in [-0.15, -0.1) is 0 Å². The Morgan fingerprint density at radius 1 is 1.35 bits per heavy atom. The van der Waals surface area contributed by atoms with Crippen molar-refractivity contribution < 1.29 is 4.79 Å². The molecule has 0 radical (unpaired) electrons. The number of fused-ring (bicyclic) bond motifs is 1. The second-order valence-electron chi connectivity index (χ2n) is 4.92. The molecule has 0 aliphatic heterocycles. The number of nitrogens with one attached hydrogen (secondary N) is 1. The van der Waals surface area contributed by atoms with Gasteiger partial charge in [-0.25, -0.2) is 0 Å². The van der Waals surface area contributed by atoms with Crippen LogP contribution in [0.2, 0.25) is 0 Å². The Bertz CT molecular complexity index is 678. The minimum atomic E-state index is -0.232. The zero-order chi connectivity index (χ0) is 14.1.